The molecule has 2 atom stereocenters. The molecule has 1 amide bonds. The second kappa shape index (κ2) is 6.24. The van der Waals surface area contributed by atoms with Gasteiger partial charge < -0.3 is 15.4 Å². The molecule has 1 aliphatic carbocycles. The van der Waals surface area contributed by atoms with E-state index >= 15 is 4.39 Å². The number of ether oxygens (including phenoxy) is 1. The maximum atomic E-state index is 15.0. The van der Waals surface area contributed by atoms with E-state index in [1.807, 2.05) is 18.2 Å². The van der Waals surface area contributed by atoms with E-state index in [0.717, 1.165) is 12.0 Å². The number of benzene rings is 2. The average molecular weight is 403 g/mol. The molecular formula is C22H18FN5O2. The Balaban J connectivity index is 1.48. The minimum Gasteiger partial charge on any atom is -0.382 e. The lowest BCUT2D eigenvalue weighted by Crippen LogP contribution is -2.46. The van der Waals surface area contributed by atoms with Crippen molar-refractivity contribution in [3.8, 4) is 0 Å². The number of fused-ring (bicyclic) bond motifs is 6. The quantitative estimate of drug-likeness (QED) is 0.528. The standard InChI is InChI=1S/C22H18FN5O2/c23-15-9-16-17(28-11-25-10-18(28)21(24)26-16)8-14(15)22(29)27-5-6-30-19-7-12-3-1-2-4-13(12)20(19)27/h1-4,8-11,19-20H,5-7H2,(H2,24,26)/t19-,20+/m1/s1. The highest BCUT2D eigenvalue weighted by molar-refractivity contribution is 5.99. The summed E-state index contributed by atoms with van der Waals surface area (Å²) >= 11 is 0. The molecule has 2 N–H and O–H groups in total. The van der Waals surface area contributed by atoms with E-state index in [2.05, 4.69) is 16.0 Å². The number of hydrogen-bond acceptors (Lipinski definition) is 5. The van der Waals surface area contributed by atoms with Gasteiger partial charge in [-0.3, -0.25) is 9.20 Å². The van der Waals surface area contributed by atoms with Gasteiger partial charge in [-0.25, -0.2) is 14.4 Å². The summed E-state index contributed by atoms with van der Waals surface area (Å²) in [6, 6.07) is 10.6. The van der Waals surface area contributed by atoms with Crippen molar-refractivity contribution in [2.45, 2.75) is 18.6 Å². The van der Waals surface area contributed by atoms with Crippen LogP contribution in [0.4, 0.5) is 10.2 Å². The van der Waals surface area contributed by atoms with Crippen LogP contribution < -0.4 is 5.73 Å². The topological polar surface area (TPSA) is 85.8 Å². The SMILES string of the molecule is Nc1nc2cc(F)c(C(=O)N3CCO[C@@H]4Cc5ccccc5[C@@H]43)cc2n2cncc12. The third-order valence-electron chi connectivity index (χ3n) is 6.10. The van der Waals surface area contributed by atoms with Gasteiger partial charge in [0.2, 0.25) is 0 Å². The van der Waals surface area contributed by atoms with Crippen LogP contribution in [0.2, 0.25) is 0 Å². The van der Waals surface area contributed by atoms with Crippen LogP contribution in [-0.4, -0.2) is 44.4 Å². The fraction of sp³-hybridized carbons (Fsp3) is 0.227. The summed E-state index contributed by atoms with van der Waals surface area (Å²) in [5, 5.41) is 0. The Morgan fingerprint density at radius 1 is 1.23 bits per heavy atom. The molecule has 0 saturated carbocycles. The molecule has 30 heavy (non-hydrogen) atoms. The van der Waals surface area contributed by atoms with Gasteiger partial charge in [-0.05, 0) is 17.2 Å². The molecule has 2 aliphatic rings. The largest absolute Gasteiger partial charge is 0.382 e. The monoisotopic (exact) mass is 403 g/mol. The smallest absolute Gasteiger partial charge is 0.257 e. The molecular weight excluding hydrogens is 385 g/mol. The highest BCUT2D eigenvalue weighted by atomic mass is 19.1. The minimum atomic E-state index is -0.617. The van der Waals surface area contributed by atoms with Gasteiger partial charge >= 0.3 is 0 Å². The first-order chi connectivity index (χ1) is 14.6. The molecule has 3 heterocycles. The number of nitrogens with zero attached hydrogens (tertiary/aromatic N) is 4. The Kier molecular flexibility index (Phi) is 3.61. The van der Waals surface area contributed by atoms with Gasteiger partial charge in [0.1, 0.15) is 17.2 Å². The zero-order chi connectivity index (χ0) is 20.4. The van der Waals surface area contributed by atoms with E-state index in [9.17, 15) is 4.79 Å². The number of rotatable bonds is 1. The van der Waals surface area contributed by atoms with E-state index in [4.69, 9.17) is 10.5 Å². The number of nitrogen functional groups attached to an aromatic ring is 1. The molecule has 4 aromatic rings. The predicted octanol–water partition coefficient (Wildman–Crippen LogP) is 2.74. The lowest BCUT2D eigenvalue weighted by atomic mass is 10.0. The maximum absolute atomic E-state index is 15.0. The van der Waals surface area contributed by atoms with E-state index in [1.54, 1.807) is 27.9 Å². The molecule has 0 radical (unpaired) electrons. The molecule has 8 heteroatoms. The van der Waals surface area contributed by atoms with Crippen molar-refractivity contribution in [2.24, 2.45) is 0 Å². The predicted molar refractivity (Wildman–Crippen MR) is 109 cm³/mol. The van der Waals surface area contributed by atoms with Crippen LogP contribution in [0.1, 0.15) is 27.5 Å². The van der Waals surface area contributed by atoms with Gasteiger partial charge in [0, 0.05) is 19.0 Å². The molecule has 0 unspecified atom stereocenters. The van der Waals surface area contributed by atoms with Crippen molar-refractivity contribution < 1.29 is 13.9 Å². The summed E-state index contributed by atoms with van der Waals surface area (Å²) in [5.74, 6) is -0.709. The van der Waals surface area contributed by atoms with Crippen molar-refractivity contribution in [1.29, 1.82) is 0 Å². The van der Waals surface area contributed by atoms with Crippen LogP contribution in [0, 0.1) is 5.82 Å². The first-order valence-corrected chi connectivity index (χ1v) is 9.83. The molecule has 6 rings (SSSR count). The van der Waals surface area contributed by atoms with Gasteiger partial charge in [0.05, 0.1) is 47.9 Å². The van der Waals surface area contributed by atoms with Gasteiger partial charge in [-0.1, -0.05) is 24.3 Å². The molecule has 1 aliphatic heterocycles. The number of hydrogen-bond donors (Lipinski definition) is 1. The van der Waals surface area contributed by atoms with E-state index in [1.165, 1.54) is 11.6 Å². The first-order valence-electron chi connectivity index (χ1n) is 9.83. The van der Waals surface area contributed by atoms with Crippen LogP contribution in [0.15, 0.2) is 48.9 Å². The van der Waals surface area contributed by atoms with Gasteiger partial charge in [0.15, 0.2) is 0 Å². The van der Waals surface area contributed by atoms with Gasteiger partial charge in [-0.15, -0.1) is 0 Å². The average Bonchev–Trinajstić information content (AvgIpc) is 3.38. The highest BCUT2D eigenvalue weighted by Crippen LogP contribution is 2.40. The zero-order valence-corrected chi connectivity index (χ0v) is 16.0. The number of anilines is 1. The van der Waals surface area contributed by atoms with E-state index in [-0.39, 0.29) is 29.4 Å². The van der Waals surface area contributed by atoms with Crippen molar-refractivity contribution in [1.82, 2.24) is 19.3 Å². The van der Waals surface area contributed by atoms with Gasteiger partial charge in [-0.2, -0.15) is 0 Å². The summed E-state index contributed by atoms with van der Waals surface area (Å²) in [5.41, 5.74) is 9.77. The molecule has 0 bridgehead atoms. The fourth-order valence-corrected chi connectivity index (χ4v) is 4.74. The first kappa shape index (κ1) is 17.3. The number of morpholine rings is 1. The summed E-state index contributed by atoms with van der Waals surface area (Å²) in [4.78, 5) is 23.6. The number of nitrogens with two attached hydrogens (primary N) is 1. The number of carbonyl (C=O) groups is 1. The molecule has 1 fully saturated rings. The van der Waals surface area contributed by atoms with Crippen LogP contribution in [0.25, 0.3) is 16.6 Å². The van der Waals surface area contributed by atoms with E-state index < -0.39 is 5.82 Å². The Morgan fingerprint density at radius 2 is 2.10 bits per heavy atom. The van der Waals surface area contributed by atoms with Crippen molar-refractivity contribution in [3.63, 3.8) is 0 Å². The Labute approximate surface area is 170 Å². The second-order valence-electron chi connectivity index (χ2n) is 7.72. The summed E-state index contributed by atoms with van der Waals surface area (Å²) < 4.78 is 22.7. The third-order valence-corrected chi connectivity index (χ3v) is 6.10. The zero-order valence-electron chi connectivity index (χ0n) is 16.0. The van der Waals surface area contributed by atoms with Crippen molar-refractivity contribution >= 4 is 28.3 Å². The number of halogens is 1. The van der Waals surface area contributed by atoms with Crippen LogP contribution in [0.3, 0.4) is 0 Å². The van der Waals surface area contributed by atoms with Crippen LogP contribution in [-0.2, 0) is 11.2 Å². The Morgan fingerprint density at radius 3 is 3.00 bits per heavy atom. The maximum Gasteiger partial charge on any atom is 0.257 e. The van der Waals surface area contributed by atoms with Crippen molar-refractivity contribution in [3.05, 3.63) is 71.4 Å². The Bertz CT molecular complexity index is 1330. The number of amides is 1. The molecule has 2 aromatic heterocycles. The highest BCUT2D eigenvalue weighted by Gasteiger charge is 2.42. The molecule has 2 aromatic carbocycles. The van der Waals surface area contributed by atoms with Crippen LogP contribution in [0.5, 0.6) is 0 Å². The molecule has 1 saturated heterocycles. The summed E-state index contributed by atoms with van der Waals surface area (Å²) in [6.07, 6.45) is 3.82. The Hall–Kier alpha value is -3.52. The number of aromatic nitrogens is 3. The van der Waals surface area contributed by atoms with Crippen molar-refractivity contribution in [2.75, 3.05) is 18.9 Å². The minimum absolute atomic E-state index is 0.00843. The molecule has 150 valence electrons. The summed E-state index contributed by atoms with van der Waals surface area (Å²) in [7, 11) is 0. The molecule has 7 nitrogen and oxygen atoms in total. The second-order valence-corrected chi connectivity index (χ2v) is 7.72. The lowest BCUT2D eigenvalue weighted by Gasteiger charge is -2.38. The molecule has 0 spiro atoms. The van der Waals surface area contributed by atoms with Crippen LogP contribution >= 0.6 is 0 Å². The summed E-state index contributed by atoms with van der Waals surface area (Å²) in [6.45, 7) is 0.840. The fourth-order valence-electron chi connectivity index (χ4n) is 4.74. The van der Waals surface area contributed by atoms with E-state index in [0.29, 0.717) is 29.7 Å². The lowest BCUT2D eigenvalue weighted by molar-refractivity contribution is -0.0517. The van der Waals surface area contributed by atoms with Gasteiger partial charge in [0.25, 0.3) is 5.91 Å². The normalized spacial score (nSPS) is 20.5. The number of imidazole rings is 1. The third kappa shape index (κ3) is 2.37. The number of carbonyl (C=O) groups excluding carboxylic acids is 1.